The Kier molecular flexibility index (Phi) is 5.47. The normalized spacial score (nSPS) is 50.6. The Morgan fingerprint density at radius 1 is 1.07 bits per heavy atom. The summed E-state index contributed by atoms with van der Waals surface area (Å²) in [5.41, 5.74) is -2.89. The van der Waals surface area contributed by atoms with Crippen LogP contribution in [-0.4, -0.2) is 40.6 Å². The molecule has 0 radical (unpaired) electrons. The predicted octanol–water partition coefficient (Wildman–Crippen LogP) is 5.55. The number of hydrogen-bond donors (Lipinski definition) is 1. The van der Waals surface area contributed by atoms with E-state index in [0.717, 1.165) is 24.8 Å². The van der Waals surface area contributed by atoms with E-state index in [4.69, 9.17) is 4.74 Å². The van der Waals surface area contributed by atoms with Crippen molar-refractivity contribution in [3.05, 3.63) is 11.6 Å². The summed E-state index contributed by atoms with van der Waals surface area (Å²) in [4.78, 5) is 40.3. The molecule has 0 bridgehead atoms. The summed E-state index contributed by atoms with van der Waals surface area (Å²) < 4.78 is 34.3. The third-order valence-electron chi connectivity index (χ3n) is 13.1. The quantitative estimate of drug-likeness (QED) is 0.450. The Morgan fingerprint density at radius 2 is 1.73 bits per heavy atom. The van der Waals surface area contributed by atoms with Gasteiger partial charge in [0.15, 0.2) is 11.6 Å². The lowest BCUT2D eigenvalue weighted by Crippen LogP contribution is -2.70. The van der Waals surface area contributed by atoms with Crippen LogP contribution in [0.5, 0.6) is 0 Å². The second kappa shape index (κ2) is 7.82. The first-order valence-electron chi connectivity index (χ1n) is 14.9. The van der Waals surface area contributed by atoms with Gasteiger partial charge in [-0.15, -0.1) is 0 Å². The number of nitriles is 1. The highest BCUT2D eigenvalue weighted by Gasteiger charge is 2.80. The number of halogens is 2. The molecule has 1 N–H and O–H groups in total. The number of alkyl halides is 2. The third-order valence-corrected chi connectivity index (χ3v) is 13.1. The zero-order valence-electron chi connectivity index (χ0n) is 24.7. The second-order valence-corrected chi connectivity index (χ2v) is 15.6. The zero-order valence-corrected chi connectivity index (χ0v) is 24.7. The van der Waals surface area contributed by atoms with Crippen LogP contribution in [0.3, 0.4) is 0 Å². The Morgan fingerprint density at radius 3 is 2.35 bits per heavy atom. The molecule has 0 aromatic rings. The van der Waals surface area contributed by atoms with Crippen LogP contribution in [0.4, 0.5) is 8.78 Å². The average molecular weight is 557 g/mol. The van der Waals surface area contributed by atoms with E-state index in [0.29, 0.717) is 32.6 Å². The molecule has 218 valence electrons. The number of allylic oxidation sites excluding steroid dienone is 1. The Hall–Kier alpha value is -2.14. The van der Waals surface area contributed by atoms with E-state index in [2.05, 4.69) is 46.0 Å². The number of epoxide rings is 1. The molecule has 5 aliphatic carbocycles. The molecular formula is C32H42F2N2O4. The summed E-state index contributed by atoms with van der Waals surface area (Å²) in [6.45, 7) is 13.4. The number of amides is 1. The van der Waals surface area contributed by atoms with Gasteiger partial charge < -0.3 is 10.1 Å². The highest BCUT2D eigenvalue weighted by molar-refractivity contribution is 5.99. The molecule has 1 heterocycles. The van der Waals surface area contributed by atoms with Gasteiger partial charge in [-0.3, -0.25) is 14.4 Å². The van der Waals surface area contributed by atoms with Crippen molar-refractivity contribution in [1.82, 2.24) is 5.32 Å². The maximum absolute atomic E-state index is 14.4. The molecule has 4 saturated carbocycles. The molecule has 5 fully saturated rings. The van der Waals surface area contributed by atoms with Crippen LogP contribution in [0, 0.1) is 56.7 Å². The lowest BCUT2D eigenvalue weighted by molar-refractivity contribution is -0.169. The van der Waals surface area contributed by atoms with Gasteiger partial charge in [0.25, 0.3) is 5.91 Å². The summed E-state index contributed by atoms with van der Waals surface area (Å²) >= 11 is 0. The van der Waals surface area contributed by atoms with E-state index in [-0.39, 0.29) is 34.7 Å². The number of nitrogens with zero attached hydrogens (tertiary/aromatic N) is 1. The van der Waals surface area contributed by atoms with Gasteiger partial charge in [0.05, 0.1) is 0 Å². The number of ketones is 2. The summed E-state index contributed by atoms with van der Waals surface area (Å²) in [7, 11) is 0. The van der Waals surface area contributed by atoms with Crippen molar-refractivity contribution in [3.63, 3.8) is 0 Å². The third kappa shape index (κ3) is 3.19. The topological polar surface area (TPSA) is 99.6 Å². The largest absolute Gasteiger partial charge is 0.345 e. The van der Waals surface area contributed by atoms with Gasteiger partial charge in [-0.05, 0) is 79.1 Å². The molecule has 0 spiro atoms. The zero-order chi connectivity index (χ0) is 29.5. The average Bonchev–Trinajstić information content (AvgIpc) is 3.62. The minimum atomic E-state index is -3.50. The molecule has 6 rings (SSSR count). The van der Waals surface area contributed by atoms with Gasteiger partial charge >= 0.3 is 5.92 Å². The van der Waals surface area contributed by atoms with Crippen LogP contribution in [0.15, 0.2) is 11.6 Å². The lowest BCUT2D eigenvalue weighted by Gasteiger charge is -2.69. The van der Waals surface area contributed by atoms with Crippen molar-refractivity contribution < 1.29 is 27.9 Å². The fourth-order valence-corrected chi connectivity index (χ4v) is 10.6. The van der Waals surface area contributed by atoms with Gasteiger partial charge in [-0.2, -0.15) is 14.0 Å². The van der Waals surface area contributed by atoms with Crippen LogP contribution in [-0.2, 0) is 19.1 Å². The number of fused-ring (bicyclic) bond motifs is 9. The molecule has 10 atom stereocenters. The smallest absolute Gasteiger partial charge is 0.321 e. The Bertz CT molecular complexity index is 1300. The van der Waals surface area contributed by atoms with Crippen molar-refractivity contribution in [2.24, 2.45) is 45.3 Å². The lowest BCUT2D eigenvalue weighted by atomic mass is 9.35. The van der Waals surface area contributed by atoms with Crippen molar-refractivity contribution in [1.29, 1.82) is 5.26 Å². The van der Waals surface area contributed by atoms with E-state index in [9.17, 15) is 28.4 Å². The standard InChI is InChI=1S/C32H42F2N2O4/c1-17-18-8-9-27(4)21(29(18,6)24-32(16-35,40-24)23(17)38)14-20(37)22-19-15-26(2,3)10-12-31(19,13-11-28(22,27)5)36-25(39)30(7,33)34/h14,17-19,22,24H,8-13,15H2,1-7H3,(H,36,39)/t17-,18-,19?,22?,24+,27+,28+,29-,31-,32-/m0/s1. The van der Waals surface area contributed by atoms with Gasteiger partial charge in [-0.25, -0.2) is 0 Å². The number of carbonyl (C=O) groups excluding carboxylic acids is 3. The number of hydrogen-bond acceptors (Lipinski definition) is 5. The number of rotatable bonds is 2. The van der Waals surface area contributed by atoms with Crippen LogP contribution in [0.1, 0.15) is 93.4 Å². The molecule has 1 amide bonds. The SMILES string of the molecule is C[C@@H]1C(=O)[C@]2(C#N)O[C@@H]2[C@]2(C)C3=CC(=O)C4C5CC(C)(C)CC[C@]5(NC(=O)C(C)(F)F)CC[C@@]4(C)[C@]3(C)CC[C@@H]12. The first kappa shape index (κ1) is 28.0. The molecule has 1 aliphatic heterocycles. The van der Waals surface area contributed by atoms with Gasteiger partial charge in [0, 0.05) is 29.7 Å². The molecule has 6 nitrogen and oxygen atoms in total. The predicted molar refractivity (Wildman–Crippen MR) is 143 cm³/mol. The monoisotopic (exact) mass is 556 g/mol. The van der Waals surface area contributed by atoms with Crippen molar-refractivity contribution in [2.75, 3.05) is 0 Å². The number of ether oxygens (including phenoxy) is 1. The van der Waals surface area contributed by atoms with Gasteiger partial charge in [-0.1, -0.05) is 47.1 Å². The van der Waals surface area contributed by atoms with Gasteiger partial charge in [0.2, 0.25) is 5.60 Å². The molecule has 0 aromatic heterocycles. The van der Waals surface area contributed by atoms with E-state index in [1.807, 2.05) is 6.92 Å². The van der Waals surface area contributed by atoms with Gasteiger partial charge in [0.1, 0.15) is 12.2 Å². The fourth-order valence-electron chi connectivity index (χ4n) is 10.6. The number of nitrogens with one attached hydrogen (secondary N) is 1. The summed E-state index contributed by atoms with van der Waals surface area (Å²) in [6.07, 6.45) is 5.99. The fraction of sp³-hybridized carbons (Fsp3) is 0.812. The van der Waals surface area contributed by atoms with E-state index >= 15 is 0 Å². The molecule has 2 unspecified atom stereocenters. The minimum absolute atomic E-state index is 0.0195. The van der Waals surface area contributed by atoms with E-state index < -0.39 is 51.2 Å². The number of Topliss-reactive ketones (excluding diaryl/α,β-unsaturated/α-hetero) is 1. The molecular weight excluding hydrogens is 514 g/mol. The Labute approximate surface area is 235 Å². The molecule has 1 saturated heterocycles. The summed E-state index contributed by atoms with van der Waals surface area (Å²) in [5, 5.41) is 12.8. The van der Waals surface area contributed by atoms with Crippen molar-refractivity contribution >= 4 is 17.5 Å². The Balaban J connectivity index is 1.47. The van der Waals surface area contributed by atoms with E-state index in [1.165, 1.54) is 0 Å². The second-order valence-electron chi connectivity index (χ2n) is 15.6. The molecule has 6 aliphatic rings. The van der Waals surface area contributed by atoms with Crippen molar-refractivity contribution in [3.8, 4) is 6.07 Å². The number of carbonyl (C=O) groups is 3. The van der Waals surface area contributed by atoms with Crippen LogP contribution in [0.25, 0.3) is 0 Å². The molecule has 8 heteroatoms. The van der Waals surface area contributed by atoms with E-state index in [1.54, 1.807) is 6.08 Å². The summed E-state index contributed by atoms with van der Waals surface area (Å²) in [5.74, 6) is -5.99. The first-order chi connectivity index (χ1) is 18.3. The molecule has 40 heavy (non-hydrogen) atoms. The first-order valence-corrected chi connectivity index (χ1v) is 14.9. The maximum atomic E-state index is 14.4. The highest BCUT2D eigenvalue weighted by atomic mass is 19.3. The van der Waals surface area contributed by atoms with Crippen LogP contribution < -0.4 is 5.32 Å². The summed E-state index contributed by atoms with van der Waals surface area (Å²) in [6, 6.07) is 2.17. The van der Waals surface area contributed by atoms with Crippen LogP contribution >= 0.6 is 0 Å². The molecule has 0 aromatic carbocycles. The van der Waals surface area contributed by atoms with Crippen LogP contribution in [0.2, 0.25) is 0 Å². The minimum Gasteiger partial charge on any atom is -0.345 e. The van der Waals surface area contributed by atoms with Crippen molar-refractivity contribution in [2.45, 2.75) is 117 Å². The maximum Gasteiger partial charge on any atom is 0.321 e. The highest BCUT2D eigenvalue weighted by Crippen LogP contribution is 2.75.